The lowest BCUT2D eigenvalue weighted by molar-refractivity contribution is 0.0932. The van der Waals surface area contributed by atoms with Gasteiger partial charge >= 0.3 is 0 Å². The lowest BCUT2D eigenvalue weighted by Crippen LogP contribution is -2.29. The minimum atomic E-state index is -0.258. The number of fused-ring (bicyclic) bond motifs is 1. The molecule has 0 aliphatic rings. The van der Waals surface area contributed by atoms with Crippen molar-refractivity contribution in [2.45, 2.75) is 26.4 Å². The summed E-state index contributed by atoms with van der Waals surface area (Å²) in [6.07, 6.45) is 1.62. The first-order valence-corrected chi connectivity index (χ1v) is 9.34. The van der Waals surface area contributed by atoms with Gasteiger partial charge in [0, 0.05) is 12.7 Å². The first-order valence-electron chi connectivity index (χ1n) is 9.34. The zero-order valence-electron chi connectivity index (χ0n) is 16.0. The SMILES string of the molecule is Cc1cccc(Cn2c(C(C)NC(=O)c3ccccn3)nc3ccccc32)c1. The summed E-state index contributed by atoms with van der Waals surface area (Å²) in [5, 5.41) is 3.03. The van der Waals surface area contributed by atoms with Gasteiger partial charge in [0.05, 0.1) is 17.1 Å². The van der Waals surface area contributed by atoms with Crippen molar-refractivity contribution < 1.29 is 4.79 Å². The Balaban J connectivity index is 1.68. The van der Waals surface area contributed by atoms with Crippen LogP contribution in [0.3, 0.4) is 0 Å². The monoisotopic (exact) mass is 370 g/mol. The molecule has 1 N–H and O–H groups in total. The van der Waals surface area contributed by atoms with E-state index in [9.17, 15) is 4.79 Å². The second-order valence-electron chi connectivity index (χ2n) is 6.94. The van der Waals surface area contributed by atoms with Crippen LogP contribution in [-0.4, -0.2) is 20.4 Å². The molecule has 1 atom stereocenters. The van der Waals surface area contributed by atoms with Gasteiger partial charge in [-0.25, -0.2) is 4.98 Å². The standard InChI is InChI=1S/C23H22N4O/c1-16-8-7-9-18(14-16)15-27-21-12-4-3-10-19(21)26-22(27)17(2)25-23(28)20-11-5-6-13-24-20/h3-14,17H,15H2,1-2H3,(H,25,28). The van der Waals surface area contributed by atoms with E-state index < -0.39 is 0 Å². The van der Waals surface area contributed by atoms with Crippen LogP contribution in [-0.2, 0) is 6.54 Å². The Hall–Kier alpha value is -3.47. The molecular formula is C23H22N4O. The highest BCUT2D eigenvalue weighted by Crippen LogP contribution is 2.23. The average Bonchev–Trinajstić information content (AvgIpc) is 3.07. The lowest BCUT2D eigenvalue weighted by atomic mass is 10.1. The third kappa shape index (κ3) is 3.64. The molecule has 0 spiro atoms. The number of aromatic nitrogens is 3. The molecule has 1 unspecified atom stereocenters. The van der Waals surface area contributed by atoms with Crippen LogP contribution in [0.15, 0.2) is 72.9 Å². The predicted molar refractivity (Wildman–Crippen MR) is 110 cm³/mol. The van der Waals surface area contributed by atoms with Crippen LogP contribution in [0.5, 0.6) is 0 Å². The summed E-state index contributed by atoms with van der Waals surface area (Å²) < 4.78 is 2.17. The third-order valence-electron chi connectivity index (χ3n) is 4.74. The smallest absolute Gasteiger partial charge is 0.270 e. The predicted octanol–water partition coefficient (Wildman–Crippen LogP) is 4.28. The number of hydrogen-bond donors (Lipinski definition) is 1. The summed E-state index contributed by atoms with van der Waals surface area (Å²) in [7, 11) is 0. The molecule has 4 rings (SSSR count). The van der Waals surface area contributed by atoms with Crippen LogP contribution in [0.2, 0.25) is 0 Å². The topological polar surface area (TPSA) is 59.8 Å². The number of hydrogen-bond acceptors (Lipinski definition) is 3. The van der Waals surface area contributed by atoms with E-state index in [-0.39, 0.29) is 11.9 Å². The summed E-state index contributed by atoms with van der Waals surface area (Å²) >= 11 is 0. The molecule has 0 saturated carbocycles. The first kappa shape index (κ1) is 17.9. The van der Waals surface area contributed by atoms with Gasteiger partial charge in [0.25, 0.3) is 5.91 Å². The second-order valence-corrected chi connectivity index (χ2v) is 6.94. The molecule has 5 nitrogen and oxygen atoms in total. The number of nitrogens with zero attached hydrogens (tertiary/aromatic N) is 3. The zero-order chi connectivity index (χ0) is 19.5. The second kappa shape index (κ2) is 7.64. The van der Waals surface area contributed by atoms with E-state index in [0.717, 1.165) is 16.9 Å². The number of imidazole rings is 1. The molecule has 0 bridgehead atoms. The van der Waals surface area contributed by atoms with E-state index in [1.165, 1.54) is 11.1 Å². The van der Waals surface area contributed by atoms with Gasteiger partial charge in [0.15, 0.2) is 0 Å². The minimum Gasteiger partial charge on any atom is -0.341 e. The fourth-order valence-corrected chi connectivity index (χ4v) is 3.42. The largest absolute Gasteiger partial charge is 0.341 e. The molecule has 5 heteroatoms. The number of amides is 1. The van der Waals surface area contributed by atoms with Crippen LogP contribution in [0.25, 0.3) is 11.0 Å². The highest BCUT2D eigenvalue weighted by molar-refractivity contribution is 5.92. The van der Waals surface area contributed by atoms with E-state index in [1.807, 2.05) is 25.1 Å². The number of nitrogens with one attached hydrogen (secondary N) is 1. The van der Waals surface area contributed by atoms with Crippen molar-refractivity contribution in [3.63, 3.8) is 0 Å². The number of pyridine rings is 1. The van der Waals surface area contributed by atoms with Crippen molar-refractivity contribution in [3.05, 3.63) is 95.6 Å². The highest BCUT2D eigenvalue weighted by atomic mass is 16.1. The van der Waals surface area contributed by atoms with Gasteiger partial charge in [-0.3, -0.25) is 9.78 Å². The van der Waals surface area contributed by atoms with Gasteiger partial charge in [-0.05, 0) is 43.7 Å². The summed E-state index contributed by atoms with van der Waals surface area (Å²) in [4.78, 5) is 21.5. The molecule has 2 aromatic heterocycles. The van der Waals surface area contributed by atoms with Gasteiger partial charge < -0.3 is 9.88 Å². The van der Waals surface area contributed by atoms with Crippen molar-refractivity contribution >= 4 is 16.9 Å². The number of para-hydroxylation sites is 2. The third-order valence-corrected chi connectivity index (χ3v) is 4.74. The molecule has 0 aliphatic heterocycles. The summed E-state index contributed by atoms with van der Waals surface area (Å²) in [6.45, 7) is 4.74. The van der Waals surface area contributed by atoms with E-state index in [2.05, 4.69) is 52.1 Å². The molecule has 0 saturated heterocycles. The van der Waals surface area contributed by atoms with Gasteiger partial charge in [-0.15, -0.1) is 0 Å². The highest BCUT2D eigenvalue weighted by Gasteiger charge is 2.19. The van der Waals surface area contributed by atoms with Gasteiger partial charge in [-0.1, -0.05) is 48.0 Å². The quantitative estimate of drug-likeness (QED) is 0.570. The Morgan fingerprint density at radius 1 is 1.07 bits per heavy atom. The van der Waals surface area contributed by atoms with E-state index in [1.54, 1.807) is 24.4 Å². The Labute approximate surface area is 164 Å². The van der Waals surface area contributed by atoms with Crippen molar-refractivity contribution in [1.29, 1.82) is 0 Å². The summed E-state index contributed by atoms with van der Waals surface area (Å²) in [5.41, 5.74) is 4.80. The molecule has 4 aromatic rings. The van der Waals surface area contributed by atoms with E-state index >= 15 is 0 Å². The van der Waals surface area contributed by atoms with Crippen molar-refractivity contribution in [2.24, 2.45) is 0 Å². The molecule has 28 heavy (non-hydrogen) atoms. The molecular weight excluding hydrogens is 348 g/mol. The lowest BCUT2D eigenvalue weighted by Gasteiger charge is -2.16. The minimum absolute atomic E-state index is 0.206. The van der Waals surface area contributed by atoms with Crippen LogP contribution in [0, 0.1) is 6.92 Å². The molecule has 0 aliphatic carbocycles. The van der Waals surface area contributed by atoms with Crippen LogP contribution >= 0.6 is 0 Å². The number of benzene rings is 2. The van der Waals surface area contributed by atoms with Gasteiger partial charge in [-0.2, -0.15) is 0 Å². The maximum Gasteiger partial charge on any atom is 0.270 e. The molecule has 2 heterocycles. The van der Waals surface area contributed by atoms with Crippen LogP contribution in [0.4, 0.5) is 0 Å². The normalized spacial score (nSPS) is 12.1. The maximum absolute atomic E-state index is 12.5. The number of carbonyl (C=O) groups is 1. The number of aryl methyl sites for hydroxylation is 1. The van der Waals surface area contributed by atoms with Gasteiger partial charge in [0.1, 0.15) is 11.5 Å². The Kier molecular flexibility index (Phi) is 4.89. The molecule has 2 aromatic carbocycles. The Bertz CT molecular complexity index is 1120. The number of rotatable bonds is 5. The summed E-state index contributed by atoms with van der Waals surface area (Å²) in [6, 6.07) is 21.5. The van der Waals surface area contributed by atoms with Crippen LogP contribution < -0.4 is 5.32 Å². The fraction of sp³-hybridized carbons (Fsp3) is 0.174. The van der Waals surface area contributed by atoms with E-state index in [0.29, 0.717) is 12.2 Å². The molecule has 140 valence electrons. The van der Waals surface area contributed by atoms with E-state index in [4.69, 9.17) is 4.98 Å². The van der Waals surface area contributed by atoms with Crippen LogP contribution in [0.1, 0.15) is 40.4 Å². The molecule has 0 fully saturated rings. The maximum atomic E-state index is 12.5. The molecule has 1 amide bonds. The van der Waals surface area contributed by atoms with Crippen molar-refractivity contribution in [1.82, 2.24) is 19.9 Å². The first-order chi connectivity index (χ1) is 13.6. The average molecular weight is 370 g/mol. The van der Waals surface area contributed by atoms with Crippen molar-refractivity contribution in [2.75, 3.05) is 0 Å². The zero-order valence-corrected chi connectivity index (χ0v) is 16.0. The Morgan fingerprint density at radius 2 is 1.89 bits per heavy atom. The summed E-state index contributed by atoms with van der Waals surface area (Å²) in [5.74, 6) is 0.620. The molecule has 0 radical (unpaired) electrons. The fourth-order valence-electron chi connectivity index (χ4n) is 3.42. The van der Waals surface area contributed by atoms with Gasteiger partial charge in [0.2, 0.25) is 0 Å². The Morgan fingerprint density at radius 3 is 2.68 bits per heavy atom. The number of carbonyl (C=O) groups excluding carboxylic acids is 1. The van der Waals surface area contributed by atoms with Crippen molar-refractivity contribution in [3.8, 4) is 0 Å².